The molecule has 0 radical (unpaired) electrons. The Balaban J connectivity index is 1.76. The first kappa shape index (κ1) is 15.3. The molecule has 1 heterocycles. The van der Waals surface area contributed by atoms with E-state index in [1.165, 1.54) is 51.6 Å². The van der Waals surface area contributed by atoms with Gasteiger partial charge in [0.1, 0.15) is 0 Å². The van der Waals surface area contributed by atoms with Crippen molar-refractivity contribution in [1.29, 1.82) is 0 Å². The molecule has 1 saturated heterocycles. The Morgan fingerprint density at radius 3 is 2.74 bits per heavy atom. The van der Waals surface area contributed by atoms with Gasteiger partial charge in [-0.25, -0.2) is 0 Å². The zero-order chi connectivity index (χ0) is 13.5. The van der Waals surface area contributed by atoms with E-state index >= 15 is 0 Å². The predicted molar refractivity (Wildman–Crippen MR) is 80.6 cm³/mol. The Labute approximate surface area is 119 Å². The average molecular weight is 268 g/mol. The number of nitrogens with zero attached hydrogens (tertiary/aromatic N) is 1. The minimum Gasteiger partial charge on any atom is -0.377 e. The third kappa shape index (κ3) is 5.41. The maximum atomic E-state index is 5.97. The summed E-state index contributed by atoms with van der Waals surface area (Å²) in [7, 11) is 0. The first-order chi connectivity index (χ1) is 9.33. The lowest BCUT2D eigenvalue weighted by Crippen LogP contribution is -2.49. The van der Waals surface area contributed by atoms with Crippen molar-refractivity contribution in [2.75, 3.05) is 26.2 Å². The van der Waals surface area contributed by atoms with E-state index < -0.39 is 0 Å². The number of piperidine rings is 1. The minimum absolute atomic E-state index is 0.481. The van der Waals surface area contributed by atoms with Crippen LogP contribution in [0.5, 0.6) is 0 Å². The summed E-state index contributed by atoms with van der Waals surface area (Å²) in [4.78, 5) is 2.68. The van der Waals surface area contributed by atoms with Crippen LogP contribution in [0.4, 0.5) is 0 Å². The van der Waals surface area contributed by atoms with E-state index in [0.717, 1.165) is 31.7 Å². The molecule has 112 valence electrons. The van der Waals surface area contributed by atoms with Gasteiger partial charge in [-0.3, -0.25) is 4.90 Å². The fraction of sp³-hybridized carbons (Fsp3) is 1.00. The summed E-state index contributed by atoms with van der Waals surface area (Å²) < 4.78 is 5.97. The van der Waals surface area contributed by atoms with Crippen LogP contribution in [0.1, 0.15) is 58.8 Å². The molecule has 2 unspecified atom stereocenters. The maximum Gasteiger partial charge on any atom is 0.0702 e. The molecular weight excluding hydrogens is 236 g/mol. The Morgan fingerprint density at radius 1 is 1.21 bits per heavy atom. The fourth-order valence-electron chi connectivity index (χ4n) is 3.06. The molecule has 1 aliphatic carbocycles. The van der Waals surface area contributed by atoms with Crippen molar-refractivity contribution < 1.29 is 4.74 Å². The number of rotatable bonds is 9. The summed E-state index contributed by atoms with van der Waals surface area (Å²) in [6.07, 6.45) is 9.56. The van der Waals surface area contributed by atoms with E-state index in [1.807, 2.05) is 0 Å². The van der Waals surface area contributed by atoms with Crippen LogP contribution >= 0.6 is 0 Å². The molecule has 0 aromatic rings. The predicted octanol–water partition coefficient (Wildman–Crippen LogP) is 2.80. The molecule has 0 bridgehead atoms. The number of hydrogen-bond acceptors (Lipinski definition) is 3. The lowest BCUT2D eigenvalue weighted by molar-refractivity contribution is -0.0135. The lowest BCUT2D eigenvalue weighted by atomic mass is 10.0. The largest absolute Gasteiger partial charge is 0.377 e. The minimum atomic E-state index is 0.481. The molecule has 0 aromatic carbocycles. The van der Waals surface area contributed by atoms with Crippen LogP contribution in [0.2, 0.25) is 0 Å². The van der Waals surface area contributed by atoms with Gasteiger partial charge in [0.05, 0.1) is 6.10 Å². The molecule has 0 aromatic heterocycles. The monoisotopic (exact) mass is 268 g/mol. The summed E-state index contributed by atoms with van der Waals surface area (Å²) in [6.45, 7) is 9.02. The highest BCUT2D eigenvalue weighted by Gasteiger charge is 2.27. The SMILES string of the molecule is CCCOC1CCCN(C(CCC)CNC2CC2)C1. The van der Waals surface area contributed by atoms with Crippen LogP contribution in [0.3, 0.4) is 0 Å². The van der Waals surface area contributed by atoms with E-state index in [1.54, 1.807) is 0 Å². The topological polar surface area (TPSA) is 24.5 Å². The molecule has 1 N–H and O–H groups in total. The van der Waals surface area contributed by atoms with Gasteiger partial charge in [-0.1, -0.05) is 20.3 Å². The van der Waals surface area contributed by atoms with E-state index in [0.29, 0.717) is 6.10 Å². The van der Waals surface area contributed by atoms with Gasteiger partial charge in [-0.2, -0.15) is 0 Å². The zero-order valence-electron chi connectivity index (χ0n) is 12.9. The summed E-state index contributed by atoms with van der Waals surface area (Å²) in [5, 5.41) is 3.71. The highest BCUT2D eigenvalue weighted by atomic mass is 16.5. The van der Waals surface area contributed by atoms with E-state index in [4.69, 9.17) is 4.74 Å². The molecule has 1 aliphatic heterocycles. The van der Waals surface area contributed by atoms with Crippen molar-refractivity contribution in [2.24, 2.45) is 0 Å². The van der Waals surface area contributed by atoms with Gasteiger partial charge in [0.15, 0.2) is 0 Å². The quantitative estimate of drug-likeness (QED) is 0.696. The normalized spacial score (nSPS) is 26.5. The number of hydrogen-bond donors (Lipinski definition) is 1. The third-order valence-corrected chi connectivity index (χ3v) is 4.33. The van der Waals surface area contributed by atoms with Gasteiger partial charge in [0, 0.05) is 31.8 Å². The Bertz CT molecular complexity index is 243. The first-order valence-electron chi connectivity index (χ1n) is 8.42. The molecule has 3 heteroatoms. The van der Waals surface area contributed by atoms with Crippen molar-refractivity contribution in [3.8, 4) is 0 Å². The fourth-order valence-corrected chi connectivity index (χ4v) is 3.06. The molecule has 19 heavy (non-hydrogen) atoms. The molecule has 0 spiro atoms. The molecule has 2 fully saturated rings. The highest BCUT2D eigenvalue weighted by molar-refractivity contribution is 4.86. The number of nitrogens with one attached hydrogen (secondary N) is 1. The van der Waals surface area contributed by atoms with Crippen molar-refractivity contribution in [1.82, 2.24) is 10.2 Å². The highest BCUT2D eigenvalue weighted by Crippen LogP contribution is 2.21. The molecule has 3 nitrogen and oxygen atoms in total. The van der Waals surface area contributed by atoms with Crippen LogP contribution in [-0.2, 0) is 4.74 Å². The molecule has 2 atom stereocenters. The van der Waals surface area contributed by atoms with Gasteiger partial charge in [-0.15, -0.1) is 0 Å². The Morgan fingerprint density at radius 2 is 2.05 bits per heavy atom. The van der Waals surface area contributed by atoms with E-state index in [2.05, 4.69) is 24.1 Å². The van der Waals surface area contributed by atoms with Crippen LogP contribution in [0, 0.1) is 0 Å². The number of ether oxygens (including phenoxy) is 1. The molecule has 0 amide bonds. The van der Waals surface area contributed by atoms with Gasteiger partial charge in [-0.05, 0) is 45.1 Å². The Hall–Kier alpha value is -0.120. The lowest BCUT2D eigenvalue weighted by Gasteiger charge is -2.38. The zero-order valence-corrected chi connectivity index (χ0v) is 12.9. The molecular formula is C16H32N2O. The van der Waals surface area contributed by atoms with Gasteiger partial charge < -0.3 is 10.1 Å². The van der Waals surface area contributed by atoms with Gasteiger partial charge >= 0.3 is 0 Å². The van der Waals surface area contributed by atoms with Crippen LogP contribution < -0.4 is 5.32 Å². The summed E-state index contributed by atoms with van der Waals surface area (Å²) in [5.41, 5.74) is 0. The Kier molecular flexibility index (Phi) is 6.62. The smallest absolute Gasteiger partial charge is 0.0702 e. The molecule has 2 aliphatic rings. The first-order valence-corrected chi connectivity index (χ1v) is 8.42. The third-order valence-electron chi connectivity index (χ3n) is 4.33. The van der Waals surface area contributed by atoms with Gasteiger partial charge in [0.25, 0.3) is 0 Å². The van der Waals surface area contributed by atoms with Crippen LogP contribution in [0.15, 0.2) is 0 Å². The molecule has 2 rings (SSSR count). The summed E-state index contributed by atoms with van der Waals surface area (Å²) in [6, 6.07) is 1.55. The van der Waals surface area contributed by atoms with Crippen LogP contribution in [0.25, 0.3) is 0 Å². The molecule has 1 saturated carbocycles. The summed E-state index contributed by atoms with van der Waals surface area (Å²) >= 11 is 0. The van der Waals surface area contributed by atoms with E-state index in [-0.39, 0.29) is 0 Å². The van der Waals surface area contributed by atoms with Gasteiger partial charge in [0.2, 0.25) is 0 Å². The maximum absolute atomic E-state index is 5.97. The van der Waals surface area contributed by atoms with Crippen molar-refractivity contribution in [2.45, 2.75) is 77.0 Å². The van der Waals surface area contributed by atoms with Crippen molar-refractivity contribution in [3.63, 3.8) is 0 Å². The average Bonchev–Trinajstić information content (AvgIpc) is 3.25. The van der Waals surface area contributed by atoms with Crippen LogP contribution in [-0.4, -0.2) is 49.3 Å². The van der Waals surface area contributed by atoms with Crippen molar-refractivity contribution in [3.05, 3.63) is 0 Å². The second-order valence-electron chi connectivity index (χ2n) is 6.25. The number of likely N-dealkylation sites (tertiary alicyclic amines) is 1. The second kappa shape index (κ2) is 8.23. The van der Waals surface area contributed by atoms with E-state index in [9.17, 15) is 0 Å². The second-order valence-corrected chi connectivity index (χ2v) is 6.25. The summed E-state index contributed by atoms with van der Waals surface area (Å²) in [5.74, 6) is 0. The standard InChI is InChI=1S/C16H32N2O/c1-3-6-15(12-17-14-8-9-14)18-10-5-7-16(13-18)19-11-4-2/h14-17H,3-13H2,1-2H3. The van der Waals surface area contributed by atoms with Crippen molar-refractivity contribution >= 4 is 0 Å².